The predicted molar refractivity (Wildman–Crippen MR) is 117 cm³/mol. The van der Waals surface area contributed by atoms with Crippen LogP contribution in [-0.2, 0) is 39.1 Å². The van der Waals surface area contributed by atoms with Crippen LogP contribution >= 0.6 is 11.3 Å². The van der Waals surface area contributed by atoms with Gasteiger partial charge in [0.2, 0.25) is 5.91 Å². The Labute approximate surface area is 186 Å². The molecule has 0 unspecified atom stereocenters. The number of nitrogens with one attached hydrogen (secondary N) is 1. The molecule has 7 nitrogen and oxygen atoms in total. The number of nitrogens with zero attached hydrogens (tertiary/aromatic N) is 1. The molecule has 0 atom stereocenters. The summed E-state index contributed by atoms with van der Waals surface area (Å²) >= 11 is 1.06. The van der Waals surface area contributed by atoms with E-state index in [1.165, 1.54) is 7.11 Å². The van der Waals surface area contributed by atoms with Gasteiger partial charge in [-0.1, -0.05) is 36.2 Å². The Balaban J connectivity index is 1.61. The maximum atomic E-state index is 13.1. The number of methoxy groups -OCH3 is 1. The van der Waals surface area contributed by atoms with Crippen LogP contribution in [0.1, 0.15) is 51.2 Å². The van der Waals surface area contributed by atoms with E-state index >= 15 is 0 Å². The van der Waals surface area contributed by atoms with Crippen molar-refractivity contribution in [3.63, 3.8) is 0 Å². The summed E-state index contributed by atoms with van der Waals surface area (Å²) in [7, 11) is -2.68. The highest BCUT2D eigenvalue weighted by Crippen LogP contribution is 2.38. The molecule has 1 fully saturated rings. The van der Waals surface area contributed by atoms with Gasteiger partial charge < -0.3 is 9.64 Å². The number of benzene rings is 1. The van der Waals surface area contributed by atoms with Crippen molar-refractivity contribution in [2.45, 2.75) is 49.9 Å². The minimum atomic E-state index is -3.93. The van der Waals surface area contributed by atoms with Crippen LogP contribution in [0.3, 0.4) is 0 Å². The summed E-state index contributed by atoms with van der Waals surface area (Å²) < 4.78 is 33.7. The highest BCUT2D eigenvalue weighted by molar-refractivity contribution is 7.91. The molecule has 0 saturated heterocycles. The minimum absolute atomic E-state index is 0.0330. The second kappa shape index (κ2) is 8.72. The first-order chi connectivity index (χ1) is 14.8. The topological polar surface area (TPSA) is 92.8 Å². The Kier molecular flexibility index (Phi) is 6.18. The standard InChI is InChI=1S/C22H26N2O5S2/c1-14-6-8-15(9-7-14)12-23-31(27,28)22-19(21(26)29-2)17-10-11-24(13-18(17)30-22)20(25)16-4-3-5-16/h6-9,16,23H,3-5,10-13H2,1-2H3. The fourth-order valence-corrected chi connectivity index (χ4v) is 6.89. The van der Waals surface area contributed by atoms with Crippen LogP contribution in [0.5, 0.6) is 0 Å². The maximum absolute atomic E-state index is 13.1. The van der Waals surface area contributed by atoms with E-state index in [1.807, 2.05) is 31.2 Å². The normalized spacial score (nSPS) is 16.5. The van der Waals surface area contributed by atoms with Gasteiger partial charge in [0.05, 0.1) is 19.2 Å². The molecular formula is C22H26N2O5S2. The second-order valence-corrected chi connectivity index (χ2v) is 11.2. The summed E-state index contributed by atoms with van der Waals surface area (Å²) in [5.41, 5.74) is 2.71. The van der Waals surface area contributed by atoms with Crippen molar-refractivity contribution in [1.29, 1.82) is 0 Å². The van der Waals surface area contributed by atoms with Gasteiger partial charge in [-0.05, 0) is 37.3 Å². The average Bonchev–Trinajstić information content (AvgIpc) is 3.11. The quantitative estimate of drug-likeness (QED) is 0.666. The third kappa shape index (κ3) is 4.40. The van der Waals surface area contributed by atoms with Gasteiger partial charge >= 0.3 is 5.97 Å². The highest BCUT2D eigenvalue weighted by atomic mass is 32.2. The van der Waals surface area contributed by atoms with E-state index in [0.717, 1.165) is 46.6 Å². The van der Waals surface area contributed by atoms with Crippen molar-refractivity contribution in [3.05, 3.63) is 51.4 Å². The predicted octanol–water partition coefficient (Wildman–Crippen LogP) is 3.01. The van der Waals surface area contributed by atoms with Gasteiger partial charge in [-0.15, -0.1) is 11.3 Å². The fourth-order valence-electron chi connectivity index (χ4n) is 3.93. The van der Waals surface area contributed by atoms with E-state index in [4.69, 9.17) is 4.74 Å². The Hall–Kier alpha value is -2.23. The molecule has 1 N–H and O–H groups in total. The lowest BCUT2D eigenvalue weighted by Crippen LogP contribution is -2.41. The van der Waals surface area contributed by atoms with Crippen LogP contribution in [-0.4, -0.2) is 38.8 Å². The number of ether oxygens (including phenoxy) is 1. The van der Waals surface area contributed by atoms with Crippen molar-refractivity contribution < 1.29 is 22.7 Å². The van der Waals surface area contributed by atoms with E-state index in [-0.39, 0.29) is 28.1 Å². The summed E-state index contributed by atoms with van der Waals surface area (Å²) in [6.07, 6.45) is 3.36. The zero-order chi connectivity index (χ0) is 22.2. The van der Waals surface area contributed by atoms with E-state index in [1.54, 1.807) is 4.90 Å². The zero-order valence-corrected chi connectivity index (χ0v) is 19.3. The largest absolute Gasteiger partial charge is 0.465 e. The van der Waals surface area contributed by atoms with Gasteiger partial charge in [0.15, 0.2) is 0 Å². The Morgan fingerprint density at radius 2 is 1.94 bits per heavy atom. The number of esters is 1. The first-order valence-electron chi connectivity index (χ1n) is 10.4. The van der Waals surface area contributed by atoms with Crippen molar-refractivity contribution in [2.75, 3.05) is 13.7 Å². The zero-order valence-electron chi connectivity index (χ0n) is 17.6. The molecule has 1 aromatic carbocycles. The number of hydrogen-bond acceptors (Lipinski definition) is 6. The van der Waals surface area contributed by atoms with Crippen molar-refractivity contribution in [1.82, 2.24) is 9.62 Å². The molecule has 1 aliphatic carbocycles. The number of hydrogen-bond donors (Lipinski definition) is 1. The molecule has 1 aliphatic heterocycles. The molecule has 2 heterocycles. The molecule has 0 bridgehead atoms. The van der Waals surface area contributed by atoms with Crippen molar-refractivity contribution in [3.8, 4) is 0 Å². The van der Waals surface area contributed by atoms with Crippen LogP contribution in [0.2, 0.25) is 0 Å². The van der Waals surface area contributed by atoms with Gasteiger partial charge in [0.1, 0.15) is 4.21 Å². The number of fused-ring (bicyclic) bond motifs is 1. The van der Waals surface area contributed by atoms with E-state index in [2.05, 4.69) is 4.72 Å². The summed E-state index contributed by atoms with van der Waals surface area (Å²) in [5.74, 6) is -0.445. The third-order valence-electron chi connectivity index (χ3n) is 6.01. The SMILES string of the molecule is COC(=O)c1c(S(=O)(=O)NCc2ccc(C)cc2)sc2c1CCN(C(=O)C1CCC1)C2. The number of carbonyl (C=O) groups is 2. The number of amides is 1. The molecule has 1 saturated carbocycles. The number of rotatable bonds is 6. The van der Waals surface area contributed by atoms with E-state index < -0.39 is 16.0 Å². The molecule has 0 radical (unpaired) electrons. The number of sulfonamides is 1. The molecule has 0 spiro atoms. The van der Waals surface area contributed by atoms with Crippen LogP contribution in [0.15, 0.2) is 28.5 Å². The van der Waals surface area contributed by atoms with Crippen LogP contribution in [0, 0.1) is 12.8 Å². The molecule has 1 aromatic heterocycles. The molecule has 2 aromatic rings. The fraction of sp³-hybridized carbons (Fsp3) is 0.455. The number of thiophene rings is 1. The maximum Gasteiger partial charge on any atom is 0.340 e. The third-order valence-corrected chi connectivity index (χ3v) is 9.15. The summed E-state index contributed by atoms with van der Waals surface area (Å²) in [6, 6.07) is 7.56. The van der Waals surface area contributed by atoms with Crippen LogP contribution < -0.4 is 4.72 Å². The lowest BCUT2D eigenvalue weighted by Gasteiger charge is -2.34. The summed E-state index contributed by atoms with van der Waals surface area (Å²) in [6.45, 7) is 2.91. The molecule has 31 heavy (non-hydrogen) atoms. The van der Waals surface area contributed by atoms with Crippen LogP contribution in [0.4, 0.5) is 0 Å². The lowest BCUT2D eigenvalue weighted by molar-refractivity contribution is -0.139. The molecule has 2 aliphatic rings. The van der Waals surface area contributed by atoms with Crippen LogP contribution in [0.25, 0.3) is 0 Å². The average molecular weight is 463 g/mol. The number of carbonyl (C=O) groups excluding carboxylic acids is 2. The minimum Gasteiger partial charge on any atom is -0.465 e. The molecule has 9 heteroatoms. The molecule has 1 amide bonds. The van der Waals surface area contributed by atoms with Crippen molar-refractivity contribution in [2.24, 2.45) is 5.92 Å². The summed E-state index contributed by atoms with van der Waals surface area (Å²) in [5, 5.41) is 0. The second-order valence-electron chi connectivity index (χ2n) is 8.11. The van der Waals surface area contributed by atoms with Gasteiger partial charge in [-0.25, -0.2) is 17.9 Å². The summed E-state index contributed by atoms with van der Waals surface area (Å²) in [4.78, 5) is 27.7. The highest BCUT2D eigenvalue weighted by Gasteiger charge is 2.37. The molecule has 4 rings (SSSR count). The first-order valence-corrected chi connectivity index (χ1v) is 12.7. The Morgan fingerprint density at radius 1 is 1.23 bits per heavy atom. The van der Waals surface area contributed by atoms with Gasteiger partial charge in [-0.3, -0.25) is 4.79 Å². The molecule has 166 valence electrons. The molecular weight excluding hydrogens is 436 g/mol. The van der Waals surface area contributed by atoms with E-state index in [9.17, 15) is 18.0 Å². The van der Waals surface area contributed by atoms with E-state index in [0.29, 0.717) is 25.1 Å². The van der Waals surface area contributed by atoms with Crippen molar-refractivity contribution >= 4 is 33.2 Å². The number of aryl methyl sites for hydroxylation is 1. The first kappa shape index (κ1) is 22.0. The van der Waals surface area contributed by atoms with Gasteiger partial charge in [0.25, 0.3) is 10.0 Å². The van der Waals surface area contributed by atoms with Gasteiger partial charge in [-0.2, -0.15) is 0 Å². The smallest absolute Gasteiger partial charge is 0.340 e. The van der Waals surface area contributed by atoms with Gasteiger partial charge in [0, 0.05) is 23.9 Å². The lowest BCUT2D eigenvalue weighted by atomic mass is 9.84. The Bertz CT molecular complexity index is 1100. The Morgan fingerprint density at radius 3 is 2.55 bits per heavy atom. The monoisotopic (exact) mass is 462 g/mol.